The van der Waals surface area contributed by atoms with E-state index < -0.39 is 0 Å². The summed E-state index contributed by atoms with van der Waals surface area (Å²) in [5.74, 6) is 0.609. The molecule has 1 amide bonds. The Bertz CT molecular complexity index is 994. The summed E-state index contributed by atoms with van der Waals surface area (Å²) in [6.07, 6.45) is 3.37. The lowest BCUT2D eigenvalue weighted by molar-refractivity contribution is 0.0949. The van der Waals surface area contributed by atoms with Crippen LogP contribution in [0.4, 0.5) is 0 Å². The van der Waals surface area contributed by atoms with Crippen molar-refractivity contribution in [2.45, 2.75) is 6.54 Å². The van der Waals surface area contributed by atoms with E-state index >= 15 is 0 Å². The van der Waals surface area contributed by atoms with Crippen molar-refractivity contribution < 1.29 is 9.32 Å². The quantitative estimate of drug-likeness (QED) is 0.595. The van der Waals surface area contributed by atoms with Crippen molar-refractivity contribution in [3.63, 3.8) is 0 Å². The SMILES string of the molecule is O=C(NCc1noc(-c2ccc(-n3ccnn3)cc2)n1)c1ccccc1. The van der Waals surface area contributed by atoms with Gasteiger partial charge in [0.2, 0.25) is 0 Å². The zero-order valence-electron chi connectivity index (χ0n) is 13.6. The summed E-state index contributed by atoms with van der Waals surface area (Å²) in [5, 5.41) is 14.4. The predicted molar refractivity (Wildman–Crippen MR) is 92.3 cm³/mol. The Labute approximate surface area is 148 Å². The van der Waals surface area contributed by atoms with Gasteiger partial charge in [-0.05, 0) is 36.4 Å². The Morgan fingerprint density at radius 1 is 1.08 bits per heavy atom. The van der Waals surface area contributed by atoms with Gasteiger partial charge in [-0.3, -0.25) is 4.79 Å². The second-order valence-electron chi connectivity index (χ2n) is 5.46. The van der Waals surface area contributed by atoms with Crippen molar-refractivity contribution in [1.29, 1.82) is 0 Å². The highest BCUT2D eigenvalue weighted by Crippen LogP contribution is 2.19. The van der Waals surface area contributed by atoms with Gasteiger partial charge in [0.05, 0.1) is 24.6 Å². The van der Waals surface area contributed by atoms with Crippen LogP contribution in [0.25, 0.3) is 17.1 Å². The summed E-state index contributed by atoms with van der Waals surface area (Å²) in [7, 11) is 0. The molecule has 0 radical (unpaired) electrons. The molecule has 0 bridgehead atoms. The topological polar surface area (TPSA) is 98.7 Å². The van der Waals surface area contributed by atoms with Crippen molar-refractivity contribution in [2.75, 3.05) is 0 Å². The molecule has 0 spiro atoms. The molecule has 2 aromatic heterocycles. The van der Waals surface area contributed by atoms with E-state index in [0.717, 1.165) is 11.3 Å². The van der Waals surface area contributed by atoms with Gasteiger partial charge in [-0.25, -0.2) is 4.68 Å². The third-order valence-electron chi connectivity index (χ3n) is 3.71. The molecule has 2 aromatic carbocycles. The number of carbonyl (C=O) groups is 1. The first-order valence-corrected chi connectivity index (χ1v) is 7.92. The maximum atomic E-state index is 12.0. The number of benzene rings is 2. The van der Waals surface area contributed by atoms with Crippen molar-refractivity contribution >= 4 is 5.91 Å². The fourth-order valence-electron chi connectivity index (χ4n) is 2.40. The Morgan fingerprint density at radius 3 is 2.62 bits per heavy atom. The summed E-state index contributed by atoms with van der Waals surface area (Å²) in [6.45, 7) is 0.189. The zero-order chi connectivity index (χ0) is 17.8. The maximum absolute atomic E-state index is 12.0. The third kappa shape index (κ3) is 3.34. The molecule has 1 N–H and O–H groups in total. The van der Waals surface area contributed by atoms with Crippen molar-refractivity contribution in [1.82, 2.24) is 30.5 Å². The normalized spacial score (nSPS) is 10.6. The molecule has 0 saturated heterocycles. The molecule has 4 aromatic rings. The van der Waals surface area contributed by atoms with Gasteiger partial charge in [0.25, 0.3) is 11.8 Å². The molecular weight excluding hydrogens is 332 g/mol. The standard InChI is InChI=1S/C18H14N6O2/c25-17(13-4-2-1-3-5-13)19-12-16-21-18(26-22-16)14-6-8-15(9-7-14)24-11-10-20-23-24/h1-11H,12H2,(H,19,25). The molecule has 0 unspecified atom stereocenters. The molecule has 0 aliphatic heterocycles. The van der Waals surface area contributed by atoms with Crippen molar-refractivity contribution in [3.05, 3.63) is 78.4 Å². The molecule has 8 nitrogen and oxygen atoms in total. The van der Waals surface area contributed by atoms with Crippen LogP contribution >= 0.6 is 0 Å². The fourth-order valence-corrected chi connectivity index (χ4v) is 2.40. The van der Waals surface area contributed by atoms with Gasteiger partial charge in [-0.2, -0.15) is 4.98 Å². The lowest BCUT2D eigenvalue weighted by atomic mass is 10.2. The lowest BCUT2D eigenvalue weighted by Gasteiger charge is -2.01. The zero-order valence-corrected chi connectivity index (χ0v) is 13.6. The van der Waals surface area contributed by atoms with Crippen LogP contribution in [-0.4, -0.2) is 31.0 Å². The number of amides is 1. The number of hydrogen-bond acceptors (Lipinski definition) is 6. The average Bonchev–Trinajstić information content (AvgIpc) is 3.39. The lowest BCUT2D eigenvalue weighted by Crippen LogP contribution is -2.23. The third-order valence-corrected chi connectivity index (χ3v) is 3.71. The summed E-state index contributed by atoms with van der Waals surface area (Å²) < 4.78 is 6.93. The van der Waals surface area contributed by atoms with Crippen LogP contribution in [0.5, 0.6) is 0 Å². The highest BCUT2D eigenvalue weighted by Gasteiger charge is 2.11. The van der Waals surface area contributed by atoms with Crippen molar-refractivity contribution in [3.8, 4) is 17.1 Å². The molecule has 0 fully saturated rings. The molecule has 0 saturated carbocycles. The average molecular weight is 346 g/mol. The monoisotopic (exact) mass is 346 g/mol. The van der Waals surface area contributed by atoms with Gasteiger partial charge < -0.3 is 9.84 Å². The summed E-state index contributed by atoms with van der Waals surface area (Å²) >= 11 is 0. The van der Waals surface area contributed by atoms with Crippen LogP contribution in [0.15, 0.2) is 71.5 Å². The number of nitrogens with zero attached hydrogens (tertiary/aromatic N) is 5. The summed E-state index contributed by atoms with van der Waals surface area (Å²) in [6, 6.07) is 16.4. The van der Waals surface area contributed by atoms with Crippen LogP contribution in [0, 0.1) is 0 Å². The van der Waals surface area contributed by atoms with Gasteiger partial charge in [0, 0.05) is 11.1 Å². The van der Waals surface area contributed by atoms with Crippen molar-refractivity contribution in [2.24, 2.45) is 0 Å². The Hall–Kier alpha value is -3.81. The first-order chi connectivity index (χ1) is 12.8. The van der Waals surface area contributed by atoms with Crippen LogP contribution in [0.3, 0.4) is 0 Å². The molecule has 8 heteroatoms. The minimum atomic E-state index is -0.186. The minimum absolute atomic E-state index is 0.186. The van der Waals surface area contributed by atoms with Crippen LogP contribution in [0.2, 0.25) is 0 Å². The molecule has 2 heterocycles. The smallest absolute Gasteiger partial charge is 0.257 e. The molecule has 4 rings (SSSR count). The minimum Gasteiger partial charge on any atom is -0.345 e. The number of hydrogen-bond donors (Lipinski definition) is 1. The second-order valence-corrected chi connectivity index (χ2v) is 5.46. The van der Waals surface area contributed by atoms with Gasteiger partial charge in [0.15, 0.2) is 5.82 Å². The largest absolute Gasteiger partial charge is 0.345 e. The molecule has 128 valence electrons. The highest BCUT2D eigenvalue weighted by molar-refractivity contribution is 5.93. The van der Waals surface area contributed by atoms with E-state index in [-0.39, 0.29) is 12.5 Å². The number of rotatable bonds is 5. The number of nitrogens with one attached hydrogen (secondary N) is 1. The predicted octanol–water partition coefficient (Wildman–Crippen LogP) is 2.25. The van der Waals surface area contributed by atoms with E-state index in [9.17, 15) is 4.79 Å². The van der Waals surface area contributed by atoms with Gasteiger partial charge in [-0.15, -0.1) is 5.10 Å². The van der Waals surface area contributed by atoms with E-state index in [2.05, 4.69) is 25.8 Å². The fraction of sp³-hybridized carbons (Fsp3) is 0.0556. The molecule has 26 heavy (non-hydrogen) atoms. The van der Waals surface area contributed by atoms with Gasteiger partial charge in [0.1, 0.15) is 0 Å². The van der Waals surface area contributed by atoms with Crippen LogP contribution < -0.4 is 5.32 Å². The summed E-state index contributed by atoms with van der Waals surface area (Å²) in [5.41, 5.74) is 2.24. The van der Waals surface area contributed by atoms with E-state index in [0.29, 0.717) is 17.3 Å². The Balaban J connectivity index is 1.42. The van der Waals surface area contributed by atoms with E-state index in [1.807, 2.05) is 42.5 Å². The van der Waals surface area contributed by atoms with Gasteiger partial charge >= 0.3 is 0 Å². The Morgan fingerprint density at radius 2 is 1.88 bits per heavy atom. The van der Waals surface area contributed by atoms with E-state index in [4.69, 9.17) is 4.52 Å². The molecular formula is C18H14N6O2. The highest BCUT2D eigenvalue weighted by atomic mass is 16.5. The van der Waals surface area contributed by atoms with E-state index in [1.54, 1.807) is 29.2 Å². The molecule has 0 atom stereocenters. The van der Waals surface area contributed by atoms with Crippen LogP contribution in [0.1, 0.15) is 16.2 Å². The Kier molecular flexibility index (Phi) is 4.21. The van der Waals surface area contributed by atoms with Crippen LogP contribution in [-0.2, 0) is 6.54 Å². The number of aromatic nitrogens is 5. The summed E-state index contributed by atoms with van der Waals surface area (Å²) in [4.78, 5) is 16.3. The number of carbonyl (C=O) groups excluding carboxylic acids is 1. The first kappa shape index (κ1) is 15.7. The first-order valence-electron chi connectivity index (χ1n) is 7.92. The molecule has 0 aliphatic rings. The maximum Gasteiger partial charge on any atom is 0.257 e. The second kappa shape index (κ2) is 6.98. The van der Waals surface area contributed by atoms with E-state index in [1.165, 1.54) is 0 Å². The molecule has 0 aliphatic carbocycles. The van der Waals surface area contributed by atoms with Gasteiger partial charge in [-0.1, -0.05) is 28.6 Å².